The van der Waals surface area contributed by atoms with Crippen molar-refractivity contribution < 1.29 is 14.3 Å². The molecule has 0 saturated heterocycles. The number of hydrogen-bond acceptors (Lipinski definition) is 3. The summed E-state index contributed by atoms with van der Waals surface area (Å²) in [4.78, 5) is 11.7. The van der Waals surface area contributed by atoms with E-state index in [9.17, 15) is 4.79 Å². The van der Waals surface area contributed by atoms with Crippen LogP contribution in [-0.2, 0) is 16.0 Å². The van der Waals surface area contributed by atoms with Gasteiger partial charge in [0.1, 0.15) is 5.75 Å². The van der Waals surface area contributed by atoms with Gasteiger partial charge in [-0.15, -0.1) is 0 Å². The van der Waals surface area contributed by atoms with Crippen molar-refractivity contribution >= 4 is 27.5 Å². The van der Waals surface area contributed by atoms with E-state index in [1.807, 2.05) is 25.1 Å². The molecule has 0 fully saturated rings. The highest BCUT2D eigenvalue weighted by Gasteiger charge is 2.08. The summed E-state index contributed by atoms with van der Waals surface area (Å²) < 4.78 is 10.9. The summed E-state index contributed by atoms with van der Waals surface area (Å²) in [5, 5.41) is 4.62. The highest BCUT2D eigenvalue weighted by Crippen LogP contribution is 2.29. The van der Waals surface area contributed by atoms with Crippen LogP contribution in [0.1, 0.15) is 32.3 Å². The number of esters is 1. The second-order valence-electron chi connectivity index (χ2n) is 7.64. The number of hydrogen-bond donors (Lipinski definition) is 0. The molecule has 0 bridgehead atoms. The Bertz CT molecular complexity index is 1060. The molecule has 0 aliphatic carbocycles. The van der Waals surface area contributed by atoms with Crippen molar-refractivity contribution in [3.63, 3.8) is 0 Å². The van der Waals surface area contributed by atoms with E-state index in [-0.39, 0.29) is 0 Å². The molecule has 0 heterocycles. The van der Waals surface area contributed by atoms with E-state index < -0.39 is 5.97 Å². The fourth-order valence-electron chi connectivity index (χ4n) is 3.29. The molecular formula is C26H28O3. The van der Waals surface area contributed by atoms with Crippen molar-refractivity contribution in [1.82, 2.24) is 0 Å². The van der Waals surface area contributed by atoms with Gasteiger partial charge in [-0.2, -0.15) is 0 Å². The molecule has 3 aromatic carbocycles. The SMILES string of the molecule is C=C(C)COCCCCc1ccc2c(ccc3cc(OC(=O)C(=C)C)ccc32)c1. The predicted octanol–water partition coefficient (Wildman–Crippen LogP) is 6.39. The van der Waals surface area contributed by atoms with Crippen LogP contribution in [0.25, 0.3) is 21.5 Å². The van der Waals surface area contributed by atoms with Gasteiger partial charge in [0, 0.05) is 12.2 Å². The molecule has 0 N–H and O–H groups in total. The fraction of sp³-hybridized carbons (Fsp3) is 0.269. The Morgan fingerprint density at radius 3 is 2.28 bits per heavy atom. The molecule has 3 rings (SSSR count). The molecule has 3 heteroatoms. The first-order chi connectivity index (χ1) is 13.9. The molecule has 0 spiro atoms. The Labute approximate surface area is 172 Å². The van der Waals surface area contributed by atoms with Crippen molar-refractivity contribution in [3.05, 3.63) is 78.4 Å². The molecule has 0 aliphatic heterocycles. The fourth-order valence-corrected chi connectivity index (χ4v) is 3.29. The van der Waals surface area contributed by atoms with Crippen LogP contribution in [-0.4, -0.2) is 19.2 Å². The van der Waals surface area contributed by atoms with Gasteiger partial charge in [-0.1, -0.05) is 55.1 Å². The average molecular weight is 389 g/mol. The van der Waals surface area contributed by atoms with Crippen molar-refractivity contribution in [3.8, 4) is 5.75 Å². The van der Waals surface area contributed by atoms with E-state index in [0.717, 1.165) is 42.2 Å². The molecular weight excluding hydrogens is 360 g/mol. The summed E-state index contributed by atoms with van der Waals surface area (Å²) in [6, 6.07) is 16.6. The maximum Gasteiger partial charge on any atom is 0.338 e. The third kappa shape index (κ3) is 5.55. The Morgan fingerprint density at radius 1 is 0.897 bits per heavy atom. The van der Waals surface area contributed by atoms with Crippen molar-refractivity contribution in [2.45, 2.75) is 33.1 Å². The zero-order valence-electron chi connectivity index (χ0n) is 17.3. The van der Waals surface area contributed by atoms with Crippen LogP contribution in [0.4, 0.5) is 0 Å². The number of unbranched alkanes of at least 4 members (excludes halogenated alkanes) is 1. The summed E-state index contributed by atoms with van der Waals surface area (Å²) >= 11 is 0. The lowest BCUT2D eigenvalue weighted by atomic mass is 9.98. The summed E-state index contributed by atoms with van der Waals surface area (Å²) in [7, 11) is 0. The van der Waals surface area contributed by atoms with Gasteiger partial charge in [-0.3, -0.25) is 0 Å². The molecule has 0 atom stereocenters. The summed E-state index contributed by atoms with van der Waals surface area (Å²) in [5.74, 6) is 0.134. The smallest absolute Gasteiger partial charge is 0.338 e. The first-order valence-corrected chi connectivity index (χ1v) is 9.99. The van der Waals surface area contributed by atoms with Crippen LogP contribution in [0, 0.1) is 0 Å². The van der Waals surface area contributed by atoms with Gasteiger partial charge >= 0.3 is 5.97 Å². The van der Waals surface area contributed by atoms with Crippen molar-refractivity contribution in [1.29, 1.82) is 0 Å². The monoisotopic (exact) mass is 388 g/mol. The number of benzene rings is 3. The molecule has 0 amide bonds. The lowest BCUT2D eigenvalue weighted by Gasteiger charge is -2.09. The first kappa shape index (κ1) is 20.8. The number of carbonyl (C=O) groups excluding carboxylic acids is 1. The average Bonchev–Trinajstić information content (AvgIpc) is 2.69. The number of aryl methyl sites for hydroxylation is 1. The molecule has 0 aromatic heterocycles. The van der Waals surface area contributed by atoms with Gasteiger partial charge in [-0.25, -0.2) is 4.79 Å². The van der Waals surface area contributed by atoms with E-state index in [1.165, 1.54) is 16.3 Å². The maximum absolute atomic E-state index is 11.7. The minimum absolute atomic E-state index is 0.388. The van der Waals surface area contributed by atoms with Crippen LogP contribution in [0.2, 0.25) is 0 Å². The standard InChI is InChI=1S/C26H28O3/c1-18(2)17-28-14-6-5-7-20-8-12-24-21(15-20)9-10-22-16-23(11-13-25(22)24)29-26(27)19(3)4/h8-13,15-16H,1,3,5-7,14,17H2,2,4H3. The zero-order valence-corrected chi connectivity index (χ0v) is 17.3. The van der Waals surface area contributed by atoms with E-state index in [1.54, 1.807) is 6.92 Å². The van der Waals surface area contributed by atoms with E-state index in [0.29, 0.717) is 17.9 Å². The number of carbonyl (C=O) groups is 1. The van der Waals surface area contributed by atoms with Gasteiger partial charge in [-0.05, 0) is 72.4 Å². The first-order valence-electron chi connectivity index (χ1n) is 9.99. The zero-order chi connectivity index (χ0) is 20.8. The summed E-state index contributed by atoms with van der Waals surface area (Å²) in [6.07, 6.45) is 3.20. The molecule has 0 saturated carbocycles. The lowest BCUT2D eigenvalue weighted by Crippen LogP contribution is -2.07. The van der Waals surface area contributed by atoms with Crippen LogP contribution < -0.4 is 4.74 Å². The molecule has 0 radical (unpaired) electrons. The number of fused-ring (bicyclic) bond motifs is 3. The normalized spacial score (nSPS) is 11.0. The molecule has 3 nitrogen and oxygen atoms in total. The van der Waals surface area contributed by atoms with Crippen molar-refractivity contribution in [2.75, 3.05) is 13.2 Å². The third-order valence-corrected chi connectivity index (χ3v) is 4.78. The molecule has 0 aliphatic rings. The van der Waals surface area contributed by atoms with Crippen LogP contribution in [0.3, 0.4) is 0 Å². The largest absolute Gasteiger partial charge is 0.423 e. The highest BCUT2D eigenvalue weighted by atomic mass is 16.5. The van der Waals surface area contributed by atoms with Gasteiger partial charge in [0.2, 0.25) is 0 Å². The third-order valence-electron chi connectivity index (χ3n) is 4.78. The highest BCUT2D eigenvalue weighted by molar-refractivity contribution is 6.08. The van der Waals surface area contributed by atoms with E-state index >= 15 is 0 Å². The Morgan fingerprint density at radius 2 is 1.59 bits per heavy atom. The number of rotatable bonds is 9. The van der Waals surface area contributed by atoms with Gasteiger partial charge in [0.25, 0.3) is 0 Å². The molecule has 150 valence electrons. The summed E-state index contributed by atoms with van der Waals surface area (Å²) in [6.45, 7) is 12.5. The molecule has 3 aromatic rings. The van der Waals surface area contributed by atoms with E-state index in [4.69, 9.17) is 9.47 Å². The quantitative estimate of drug-likeness (QED) is 0.106. The van der Waals surface area contributed by atoms with Crippen LogP contribution in [0.15, 0.2) is 72.8 Å². The Balaban J connectivity index is 1.70. The Hall–Kier alpha value is -2.91. The van der Waals surface area contributed by atoms with E-state index in [2.05, 4.69) is 43.5 Å². The topological polar surface area (TPSA) is 35.5 Å². The Kier molecular flexibility index (Phi) is 6.84. The second-order valence-corrected chi connectivity index (χ2v) is 7.64. The minimum Gasteiger partial charge on any atom is -0.423 e. The maximum atomic E-state index is 11.7. The van der Waals surface area contributed by atoms with Crippen molar-refractivity contribution in [2.24, 2.45) is 0 Å². The minimum atomic E-state index is -0.403. The van der Waals surface area contributed by atoms with Gasteiger partial charge < -0.3 is 9.47 Å². The number of ether oxygens (including phenoxy) is 2. The predicted molar refractivity (Wildman–Crippen MR) is 120 cm³/mol. The second kappa shape index (κ2) is 9.53. The molecule has 0 unspecified atom stereocenters. The van der Waals surface area contributed by atoms with Crippen LogP contribution in [0.5, 0.6) is 5.75 Å². The van der Waals surface area contributed by atoms with Crippen LogP contribution >= 0.6 is 0 Å². The lowest BCUT2D eigenvalue weighted by molar-refractivity contribution is -0.130. The summed E-state index contributed by atoms with van der Waals surface area (Å²) in [5.41, 5.74) is 2.79. The van der Waals surface area contributed by atoms with Gasteiger partial charge in [0.15, 0.2) is 0 Å². The molecule has 29 heavy (non-hydrogen) atoms. The van der Waals surface area contributed by atoms with Gasteiger partial charge in [0.05, 0.1) is 6.61 Å².